The van der Waals surface area contributed by atoms with Crippen molar-refractivity contribution in [2.45, 2.75) is 26.8 Å². The number of hydrogen-bond donors (Lipinski definition) is 1. The van der Waals surface area contributed by atoms with Gasteiger partial charge < -0.3 is 9.47 Å². The molecule has 94 valence electrons. The lowest BCUT2D eigenvalue weighted by Gasteiger charge is -2.26. The second-order valence-corrected chi connectivity index (χ2v) is 4.15. The molecule has 0 atom stereocenters. The summed E-state index contributed by atoms with van der Waals surface area (Å²) in [6.07, 6.45) is 0.971. The minimum Gasteiger partial charge on any atom is -0.490 e. The van der Waals surface area contributed by atoms with Crippen LogP contribution in [0.15, 0.2) is 12.1 Å². The molecule has 1 aromatic rings. The van der Waals surface area contributed by atoms with E-state index in [1.807, 2.05) is 18.9 Å². The average molecular weight is 236 g/mol. The highest BCUT2D eigenvalue weighted by Crippen LogP contribution is 2.33. The summed E-state index contributed by atoms with van der Waals surface area (Å²) < 4.78 is 11.2. The molecule has 0 radical (unpaired) electrons. The molecule has 0 saturated heterocycles. The lowest BCUT2D eigenvalue weighted by Crippen LogP contribution is -2.36. The van der Waals surface area contributed by atoms with E-state index in [1.54, 1.807) is 0 Å². The van der Waals surface area contributed by atoms with E-state index in [1.165, 1.54) is 11.1 Å². The Labute approximate surface area is 102 Å². The molecule has 0 amide bonds. The largest absolute Gasteiger partial charge is 0.490 e. The van der Waals surface area contributed by atoms with Crippen molar-refractivity contribution in [3.8, 4) is 11.5 Å². The van der Waals surface area contributed by atoms with Gasteiger partial charge in [0, 0.05) is 13.1 Å². The van der Waals surface area contributed by atoms with Crippen LogP contribution in [0.2, 0.25) is 0 Å². The second kappa shape index (κ2) is 5.38. The summed E-state index contributed by atoms with van der Waals surface area (Å²) in [4.78, 5) is 0. The minimum absolute atomic E-state index is 0.644. The number of hydrazine groups is 1. The summed E-state index contributed by atoms with van der Waals surface area (Å²) in [6.45, 7) is 6.93. The molecule has 4 nitrogen and oxygen atoms in total. The van der Waals surface area contributed by atoms with Crippen LogP contribution in [0, 0.1) is 0 Å². The van der Waals surface area contributed by atoms with Crippen LogP contribution in [0.25, 0.3) is 0 Å². The molecule has 1 aliphatic rings. The fourth-order valence-electron chi connectivity index (χ4n) is 2.12. The Kier molecular flexibility index (Phi) is 3.86. The van der Waals surface area contributed by atoms with Gasteiger partial charge in [0.2, 0.25) is 0 Å². The number of nitrogens with zero attached hydrogens (tertiary/aromatic N) is 1. The van der Waals surface area contributed by atoms with Crippen molar-refractivity contribution in [3.63, 3.8) is 0 Å². The maximum absolute atomic E-state index is 5.83. The molecule has 0 fully saturated rings. The Morgan fingerprint density at radius 3 is 2.29 bits per heavy atom. The van der Waals surface area contributed by atoms with Crippen LogP contribution in [0.3, 0.4) is 0 Å². The van der Waals surface area contributed by atoms with Gasteiger partial charge in [-0.1, -0.05) is 0 Å². The zero-order chi connectivity index (χ0) is 12.3. The monoisotopic (exact) mass is 236 g/mol. The summed E-state index contributed by atoms with van der Waals surface area (Å²) >= 11 is 0. The van der Waals surface area contributed by atoms with Gasteiger partial charge in [-0.15, -0.1) is 0 Å². The topological polar surface area (TPSA) is 47.7 Å². The molecule has 0 aromatic heterocycles. The highest BCUT2D eigenvalue weighted by atomic mass is 16.5. The van der Waals surface area contributed by atoms with Gasteiger partial charge in [-0.25, -0.2) is 5.01 Å². The van der Waals surface area contributed by atoms with Gasteiger partial charge in [0.1, 0.15) is 0 Å². The van der Waals surface area contributed by atoms with Gasteiger partial charge in [0.15, 0.2) is 11.5 Å². The normalized spacial score (nSPS) is 15.5. The van der Waals surface area contributed by atoms with Gasteiger partial charge in [-0.2, -0.15) is 0 Å². The highest BCUT2D eigenvalue weighted by molar-refractivity contribution is 5.48. The first kappa shape index (κ1) is 12.2. The molecule has 0 unspecified atom stereocenters. The molecule has 2 rings (SSSR count). The van der Waals surface area contributed by atoms with Crippen molar-refractivity contribution in [2.24, 2.45) is 5.84 Å². The van der Waals surface area contributed by atoms with E-state index in [4.69, 9.17) is 15.3 Å². The van der Waals surface area contributed by atoms with E-state index in [9.17, 15) is 0 Å². The molecule has 0 spiro atoms. The molecule has 1 heterocycles. The maximum Gasteiger partial charge on any atom is 0.161 e. The van der Waals surface area contributed by atoms with Crippen LogP contribution >= 0.6 is 0 Å². The molecule has 0 aliphatic carbocycles. The molecule has 0 saturated carbocycles. The summed E-state index contributed by atoms with van der Waals surface area (Å²) in [6, 6.07) is 4.15. The van der Waals surface area contributed by atoms with Crippen LogP contribution in [0.5, 0.6) is 11.5 Å². The predicted octanol–water partition coefficient (Wildman–Crippen LogP) is 1.72. The van der Waals surface area contributed by atoms with Crippen LogP contribution in [-0.2, 0) is 13.0 Å². The number of rotatable bonds is 4. The van der Waals surface area contributed by atoms with Crippen molar-refractivity contribution in [2.75, 3.05) is 19.8 Å². The molecule has 0 bridgehead atoms. The van der Waals surface area contributed by atoms with E-state index in [0.29, 0.717) is 13.2 Å². The number of benzene rings is 1. The second-order valence-electron chi connectivity index (χ2n) is 4.15. The van der Waals surface area contributed by atoms with Crippen molar-refractivity contribution >= 4 is 0 Å². The first-order valence-corrected chi connectivity index (χ1v) is 6.15. The van der Waals surface area contributed by atoms with E-state index < -0.39 is 0 Å². The number of ether oxygens (including phenoxy) is 2. The highest BCUT2D eigenvalue weighted by Gasteiger charge is 2.17. The third-order valence-corrected chi connectivity index (χ3v) is 2.91. The summed E-state index contributed by atoms with van der Waals surface area (Å²) in [5, 5.41) is 1.83. The van der Waals surface area contributed by atoms with Crippen LogP contribution in [0.4, 0.5) is 0 Å². The third kappa shape index (κ3) is 2.70. The molecule has 17 heavy (non-hydrogen) atoms. The van der Waals surface area contributed by atoms with Crippen LogP contribution < -0.4 is 15.3 Å². The first-order chi connectivity index (χ1) is 8.24. The van der Waals surface area contributed by atoms with Crippen molar-refractivity contribution in [3.05, 3.63) is 23.3 Å². The third-order valence-electron chi connectivity index (χ3n) is 2.91. The summed E-state index contributed by atoms with van der Waals surface area (Å²) in [7, 11) is 0. The fraction of sp³-hybridized carbons (Fsp3) is 0.538. The van der Waals surface area contributed by atoms with Crippen molar-refractivity contribution in [1.82, 2.24) is 5.01 Å². The first-order valence-electron chi connectivity index (χ1n) is 6.15. The quantitative estimate of drug-likeness (QED) is 0.809. The van der Waals surface area contributed by atoms with E-state index in [-0.39, 0.29) is 0 Å². The Hall–Kier alpha value is -1.26. The minimum atomic E-state index is 0.644. The number of fused-ring (bicyclic) bond motifs is 1. The summed E-state index contributed by atoms with van der Waals surface area (Å²) in [5.41, 5.74) is 2.56. The van der Waals surface area contributed by atoms with E-state index in [2.05, 4.69) is 12.1 Å². The maximum atomic E-state index is 5.83. The van der Waals surface area contributed by atoms with E-state index in [0.717, 1.165) is 31.0 Å². The van der Waals surface area contributed by atoms with Gasteiger partial charge in [0.25, 0.3) is 0 Å². The molecule has 4 heteroatoms. The Bertz CT molecular complexity index is 393. The van der Waals surface area contributed by atoms with Gasteiger partial charge in [0.05, 0.1) is 13.2 Å². The van der Waals surface area contributed by atoms with Crippen LogP contribution in [-0.4, -0.2) is 24.8 Å². The molecule has 2 N–H and O–H groups in total. The molecule has 1 aliphatic heterocycles. The standard InChI is InChI=1S/C13H20N2O2/c1-3-16-12-7-10-5-6-15(14)9-11(10)8-13(12)17-4-2/h7-8H,3-6,9,14H2,1-2H3. The van der Waals surface area contributed by atoms with Crippen molar-refractivity contribution in [1.29, 1.82) is 0 Å². The predicted molar refractivity (Wildman–Crippen MR) is 67.1 cm³/mol. The SMILES string of the molecule is CCOc1cc2c(cc1OCC)CN(N)CC2. The zero-order valence-corrected chi connectivity index (χ0v) is 10.5. The smallest absolute Gasteiger partial charge is 0.161 e. The average Bonchev–Trinajstić information content (AvgIpc) is 2.31. The van der Waals surface area contributed by atoms with Gasteiger partial charge in [-0.3, -0.25) is 5.84 Å². The van der Waals surface area contributed by atoms with Gasteiger partial charge >= 0.3 is 0 Å². The Balaban J connectivity index is 2.33. The Morgan fingerprint density at radius 1 is 1.12 bits per heavy atom. The molecular weight excluding hydrogens is 216 g/mol. The lowest BCUT2D eigenvalue weighted by molar-refractivity contribution is 0.257. The molecular formula is C13H20N2O2. The number of hydrogen-bond acceptors (Lipinski definition) is 4. The van der Waals surface area contributed by atoms with Gasteiger partial charge in [-0.05, 0) is 43.5 Å². The molecule has 1 aromatic carbocycles. The summed E-state index contributed by atoms with van der Waals surface area (Å²) in [5.74, 6) is 7.50. The zero-order valence-electron chi connectivity index (χ0n) is 10.5. The lowest BCUT2D eigenvalue weighted by atomic mass is 10.00. The van der Waals surface area contributed by atoms with Crippen LogP contribution in [0.1, 0.15) is 25.0 Å². The number of nitrogens with two attached hydrogens (primary N) is 1. The van der Waals surface area contributed by atoms with Crippen molar-refractivity contribution < 1.29 is 9.47 Å². The fourth-order valence-corrected chi connectivity index (χ4v) is 2.12. The van der Waals surface area contributed by atoms with E-state index >= 15 is 0 Å². The Morgan fingerprint density at radius 2 is 1.71 bits per heavy atom.